The number of thiophene rings is 1. The molecule has 0 unspecified atom stereocenters. The smallest absolute Gasteiger partial charge is 0.337 e. The van der Waals surface area contributed by atoms with Crippen LogP contribution in [0, 0.1) is 3.57 Å². The average molecular weight is 481 g/mol. The normalized spacial score (nSPS) is 10.2. The van der Waals surface area contributed by atoms with Crippen LogP contribution in [0.1, 0.15) is 15.2 Å². The van der Waals surface area contributed by atoms with Gasteiger partial charge in [-0.1, -0.05) is 0 Å². The maximum Gasteiger partial charge on any atom is 0.337 e. The van der Waals surface area contributed by atoms with Gasteiger partial charge in [-0.3, -0.25) is 0 Å². The zero-order valence-electron chi connectivity index (χ0n) is 10.5. The van der Waals surface area contributed by atoms with Gasteiger partial charge in [0.2, 0.25) is 0 Å². The van der Waals surface area contributed by atoms with E-state index in [1.807, 2.05) is 34.7 Å². The van der Waals surface area contributed by atoms with Crippen LogP contribution in [0.5, 0.6) is 0 Å². The molecule has 0 fully saturated rings. The van der Waals surface area contributed by atoms with Crippen LogP contribution in [0.25, 0.3) is 0 Å². The van der Waals surface area contributed by atoms with Gasteiger partial charge in [-0.2, -0.15) is 0 Å². The molecule has 2 rings (SSSR count). The number of amides is 2. The molecule has 1 aromatic carbocycles. The fourth-order valence-electron chi connectivity index (χ4n) is 1.58. The number of carbonyl (C=O) groups is 2. The summed E-state index contributed by atoms with van der Waals surface area (Å²) in [7, 11) is 0. The molecule has 8 heteroatoms. The predicted octanol–water partition coefficient (Wildman–Crippen LogP) is 4.14. The Morgan fingerprint density at radius 3 is 2.67 bits per heavy atom. The molecule has 0 atom stereocenters. The van der Waals surface area contributed by atoms with Crippen LogP contribution in [-0.4, -0.2) is 17.1 Å². The Morgan fingerprint density at radius 2 is 2.05 bits per heavy atom. The van der Waals surface area contributed by atoms with E-state index in [-0.39, 0.29) is 11.3 Å². The highest BCUT2D eigenvalue weighted by molar-refractivity contribution is 14.1. The lowest BCUT2D eigenvalue weighted by Gasteiger charge is -2.09. The second-order valence-electron chi connectivity index (χ2n) is 4.01. The highest BCUT2D eigenvalue weighted by Crippen LogP contribution is 2.22. The van der Waals surface area contributed by atoms with Gasteiger partial charge >= 0.3 is 12.0 Å². The van der Waals surface area contributed by atoms with Crippen LogP contribution in [0.3, 0.4) is 0 Å². The second kappa shape index (κ2) is 7.23. The van der Waals surface area contributed by atoms with E-state index < -0.39 is 12.0 Å². The van der Waals surface area contributed by atoms with Gasteiger partial charge in [0.05, 0.1) is 21.6 Å². The predicted molar refractivity (Wildman–Crippen MR) is 94.0 cm³/mol. The molecular formula is C13H10BrIN2O3S. The third-order valence-corrected chi connectivity index (χ3v) is 4.81. The number of carboxylic acid groups (broad SMARTS) is 1. The van der Waals surface area contributed by atoms with Gasteiger partial charge in [-0.15, -0.1) is 11.3 Å². The highest BCUT2D eigenvalue weighted by Gasteiger charge is 2.13. The lowest BCUT2D eigenvalue weighted by atomic mass is 10.2. The molecular weight excluding hydrogens is 471 g/mol. The van der Waals surface area contributed by atoms with Gasteiger partial charge < -0.3 is 15.7 Å². The van der Waals surface area contributed by atoms with Crippen molar-refractivity contribution in [1.82, 2.24) is 5.32 Å². The summed E-state index contributed by atoms with van der Waals surface area (Å²) in [5.74, 6) is -1.08. The van der Waals surface area contributed by atoms with E-state index in [0.29, 0.717) is 6.54 Å². The van der Waals surface area contributed by atoms with Crippen molar-refractivity contribution >= 4 is 67.5 Å². The average Bonchev–Trinajstić information content (AvgIpc) is 2.84. The van der Waals surface area contributed by atoms with Crippen molar-refractivity contribution in [3.8, 4) is 0 Å². The first kappa shape index (κ1) is 16.2. The van der Waals surface area contributed by atoms with Gasteiger partial charge in [-0.05, 0) is 68.9 Å². The number of rotatable bonds is 4. The fourth-order valence-corrected chi connectivity index (χ4v) is 3.50. The van der Waals surface area contributed by atoms with E-state index >= 15 is 0 Å². The third-order valence-electron chi connectivity index (χ3n) is 2.51. The van der Waals surface area contributed by atoms with Gasteiger partial charge in [-0.25, -0.2) is 9.59 Å². The minimum atomic E-state index is -1.08. The lowest BCUT2D eigenvalue weighted by Crippen LogP contribution is -2.28. The summed E-state index contributed by atoms with van der Waals surface area (Å²) in [4.78, 5) is 24.0. The number of halogens is 2. The van der Waals surface area contributed by atoms with Crippen LogP contribution in [0.2, 0.25) is 0 Å². The molecule has 0 aliphatic rings. The molecule has 3 N–H and O–H groups in total. The third kappa shape index (κ3) is 4.68. The summed E-state index contributed by atoms with van der Waals surface area (Å²) >= 11 is 6.90. The standard InChI is InChI=1S/C13H10BrIN2O3S/c14-11-4-2-8(21-11)6-16-13(20)17-10-3-1-7(15)5-9(10)12(18)19/h1-5H,6H2,(H,18,19)(H2,16,17,20). The number of anilines is 1. The first-order chi connectivity index (χ1) is 9.95. The van der Waals surface area contributed by atoms with E-state index in [2.05, 4.69) is 26.6 Å². The van der Waals surface area contributed by atoms with Crippen molar-refractivity contribution in [1.29, 1.82) is 0 Å². The first-order valence-corrected chi connectivity index (χ1v) is 8.46. The largest absolute Gasteiger partial charge is 0.478 e. The van der Waals surface area contributed by atoms with Crippen LogP contribution in [0.15, 0.2) is 34.1 Å². The number of hydrogen-bond donors (Lipinski definition) is 3. The molecule has 5 nitrogen and oxygen atoms in total. The minimum absolute atomic E-state index is 0.0657. The molecule has 110 valence electrons. The van der Waals surface area contributed by atoms with Crippen molar-refractivity contribution in [2.45, 2.75) is 6.54 Å². The summed E-state index contributed by atoms with van der Waals surface area (Å²) in [6.07, 6.45) is 0. The number of benzene rings is 1. The Balaban J connectivity index is 2.01. The first-order valence-electron chi connectivity index (χ1n) is 5.77. The van der Waals surface area contributed by atoms with Crippen molar-refractivity contribution in [2.75, 3.05) is 5.32 Å². The lowest BCUT2D eigenvalue weighted by molar-refractivity contribution is 0.0698. The monoisotopic (exact) mass is 480 g/mol. The number of carboxylic acids is 1. The topological polar surface area (TPSA) is 78.4 Å². The molecule has 1 aromatic heterocycles. The van der Waals surface area contributed by atoms with Crippen LogP contribution >= 0.6 is 49.9 Å². The number of aromatic carboxylic acids is 1. The zero-order valence-corrected chi connectivity index (χ0v) is 15.1. The number of nitrogens with one attached hydrogen (secondary N) is 2. The molecule has 0 saturated heterocycles. The summed E-state index contributed by atoms with van der Waals surface area (Å²) in [5.41, 5.74) is 0.337. The van der Waals surface area contributed by atoms with Crippen molar-refractivity contribution < 1.29 is 14.7 Å². The summed E-state index contributed by atoms with van der Waals surface area (Å²) in [6, 6.07) is 8.19. The number of hydrogen-bond acceptors (Lipinski definition) is 3. The van der Waals surface area contributed by atoms with E-state index in [0.717, 1.165) is 12.2 Å². The molecule has 1 heterocycles. The SMILES string of the molecule is O=C(NCc1ccc(Br)s1)Nc1ccc(I)cc1C(=O)O. The number of carbonyl (C=O) groups excluding carboxylic acids is 1. The van der Waals surface area contributed by atoms with Gasteiger partial charge in [0, 0.05) is 8.45 Å². The van der Waals surface area contributed by atoms with Crippen LogP contribution < -0.4 is 10.6 Å². The van der Waals surface area contributed by atoms with Crippen molar-refractivity contribution in [2.24, 2.45) is 0 Å². The van der Waals surface area contributed by atoms with E-state index in [4.69, 9.17) is 5.11 Å². The maximum absolute atomic E-state index is 11.8. The molecule has 21 heavy (non-hydrogen) atoms. The Morgan fingerprint density at radius 1 is 1.29 bits per heavy atom. The fraction of sp³-hybridized carbons (Fsp3) is 0.0769. The molecule has 0 saturated carbocycles. The molecule has 0 aliphatic heterocycles. The van der Waals surface area contributed by atoms with E-state index in [9.17, 15) is 9.59 Å². The molecule has 2 amide bonds. The van der Waals surface area contributed by atoms with Crippen LogP contribution in [0.4, 0.5) is 10.5 Å². The van der Waals surface area contributed by atoms with E-state index in [1.165, 1.54) is 17.4 Å². The van der Waals surface area contributed by atoms with Gasteiger partial charge in [0.1, 0.15) is 0 Å². The minimum Gasteiger partial charge on any atom is -0.478 e. The Labute approximate surface area is 147 Å². The summed E-state index contributed by atoms with van der Waals surface area (Å²) in [5, 5.41) is 14.4. The quantitative estimate of drug-likeness (QED) is 0.575. The summed E-state index contributed by atoms with van der Waals surface area (Å²) in [6.45, 7) is 0.384. The zero-order chi connectivity index (χ0) is 15.4. The maximum atomic E-state index is 11.8. The Hall–Kier alpha value is -1.13. The van der Waals surface area contributed by atoms with Gasteiger partial charge in [0.15, 0.2) is 0 Å². The molecule has 0 bridgehead atoms. The number of urea groups is 1. The van der Waals surface area contributed by atoms with E-state index in [1.54, 1.807) is 12.1 Å². The Kier molecular flexibility index (Phi) is 5.59. The molecule has 2 aromatic rings. The molecule has 0 radical (unpaired) electrons. The summed E-state index contributed by atoms with van der Waals surface area (Å²) < 4.78 is 1.78. The molecule has 0 aliphatic carbocycles. The second-order valence-corrected chi connectivity index (χ2v) is 7.80. The van der Waals surface area contributed by atoms with Crippen molar-refractivity contribution in [3.05, 3.63) is 48.1 Å². The van der Waals surface area contributed by atoms with Crippen LogP contribution in [-0.2, 0) is 6.54 Å². The van der Waals surface area contributed by atoms with Crippen molar-refractivity contribution in [3.63, 3.8) is 0 Å². The van der Waals surface area contributed by atoms with Gasteiger partial charge in [0.25, 0.3) is 0 Å². The Bertz CT molecular complexity index is 690. The highest BCUT2D eigenvalue weighted by atomic mass is 127. The molecule has 0 spiro atoms.